The summed E-state index contributed by atoms with van der Waals surface area (Å²) in [4.78, 5) is 26.3. The van der Waals surface area contributed by atoms with Crippen LogP contribution in [0.5, 0.6) is 0 Å². The van der Waals surface area contributed by atoms with Crippen molar-refractivity contribution < 1.29 is 14.3 Å². The zero-order chi connectivity index (χ0) is 15.3. The number of hydrogen-bond donors (Lipinski definition) is 2. The van der Waals surface area contributed by atoms with E-state index in [4.69, 9.17) is 10.5 Å². The van der Waals surface area contributed by atoms with Crippen molar-refractivity contribution in [2.24, 2.45) is 11.1 Å². The number of primary amides is 1. The van der Waals surface area contributed by atoms with Crippen LogP contribution in [0, 0.1) is 5.41 Å². The highest BCUT2D eigenvalue weighted by atomic mass is 16.5. The maximum absolute atomic E-state index is 13.1. The normalized spacial score (nSPS) is 22.1. The molecule has 6 heteroatoms. The van der Waals surface area contributed by atoms with Crippen molar-refractivity contribution in [3.63, 3.8) is 0 Å². The Morgan fingerprint density at radius 2 is 1.90 bits per heavy atom. The number of nitrogens with two attached hydrogens (primary N) is 1. The first kappa shape index (κ1) is 16.2. The Hall–Kier alpha value is -1.14. The first-order valence-electron chi connectivity index (χ1n) is 7.88. The number of piperidine rings is 1. The van der Waals surface area contributed by atoms with E-state index in [-0.39, 0.29) is 18.5 Å². The van der Waals surface area contributed by atoms with Gasteiger partial charge in [-0.15, -0.1) is 0 Å². The molecule has 1 heterocycles. The zero-order valence-electron chi connectivity index (χ0n) is 12.9. The second kappa shape index (κ2) is 7.22. The summed E-state index contributed by atoms with van der Waals surface area (Å²) in [5, 5.41) is 3.28. The molecule has 3 N–H and O–H groups in total. The summed E-state index contributed by atoms with van der Waals surface area (Å²) in [6.07, 6.45) is 5.68. The molecule has 1 saturated carbocycles. The van der Waals surface area contributed by atoms with E-state index < -0.39 is 11.3 Å². The Labute approximate surface area is 126 Å². The molecular weight excluding hydrogens is 270 g/mol. The predicted molar refractivity (Wildman–Crippen MR) is 79.6 cm³/mol. The largest absolute Gasteiger partial charge is 0.384 e. The first-order chi connectivity index (χ1) is 10.1. The van der Waals surface area contributed by atoms with Gasteiger partial charge in [0.1, 0.15) is 0 Å². The summed E-state index contributed by atoms with van der Waals surface area (Å²) in [6.45, 7) is 2.06. The number of ether oxygens (including phenoxy) is 1. The van der Waals surface area contributed by atoms with Crippen molar-refractivity contribution >= 4 is 11.8 Å². The highest BCUT2D eigenvalue weighted by Crippen LogP contribution is 2.34. The van der Waals surface area contributed by atoms with E-state index in [1.54, 1.807) is 12.0 Å². The van der Waals surface area contributed by atoms with Gasteiger partial charge in [-0.05, 0) is 38.8 Å². The summed E-state index contributed by atoms with van der Waals surface area (Å²) in [6, 6.07) is 0.161. The van der Waals surface area contributed by atoms with E-state index >= 15 is 0 Å². The van der Waals surface area contributed by atoms with Gasteiger partial charge in [-0.3, -0.25) is 9.59 Å². The van der Waals surface area contributed by atoms with Crippen molar-refractivity contribution in [3.05, 3.63) is 0 Å². The molecule has 21 heavy (non-hydrogen) atoms. The Morgan fingerprint density at radius 3 is 2.43 bits per heavy atom. The van der Waals surface area contributed by atoms with E-state index in [0.29, 0.717) is 6.61 Å². The van der Waals surface area contributed by atoms with Crippen LogP contribution in [-0.2, 0) is 14.3 Å². The molecule has 0 aromatic rings. The molecular formula is C15H27N3O3. The number of carbonyl (C=O) groups is 2. The molecule has 2 fully saturated rings. The molecule has 0 aromatic carbocycles. The van der Waals surface area contributed by atoms with Crippen LogP contribution in [0.4, 0.5) is 0 Å². The first-order valence-corrected chi connectivity index (χ1v) is 7.88. The van der Waals surface area contributed by atoms with E-state index in [9.17, 15) is 9.59 Å². The maximum Gasteiger partial charge on any atom is 0.237 e. The van der Waals surface area contributed by atoms with Gasteiger partial charge in [-0.2, -0.15) is 0 Å². The maximum atomic E-state index is 13.1. The minimum atomic E-state index is -0.502. The van der Waals surface area contributed by atoms with Gasteiger partial charge >= 0.3 is 0 Å². The second-order valence-electron chi connectivity index (χ2n) is 6.30. The van der Waals surface area contributed by atoms with Crippen molar-refractivity contribution in [2.75, 3.05) is 33.4 Å². The van der Waals surface area contributed by atoms with Crippen LogP contribution in [0.1, 0.15) is 38.5 Å². The van der Waals surface area contributed by atoms with E-state index in [1.165, 1.54) is 0 Å². The molecule has 120 valence electrons. The van der Waals surface area contributed by atoms with Gasteiger partial charge in [0, 0.05) is 13.2 Å². The molecule has 0 spiro atoms. The Balaban J connectivity index is 2.18. The summed E-state index contributed by atoms with van der Waals surface area (Å²) in [5.41, 5.74) is 4.87. The van der Waals surface area contributed by atoms with Crippen molar-refractivity contribution in [2.45, 2.75) is 44.6 Å². The third-order valence-electron chi connectivity index (χ3n) is 4.79. The fourth-order valence-corrected chi connectivity index (χ4v) is 3.66. The number of nitrogens with one attached hydrogen (secondary N) is 1. The fraction of sp³-hybridized carbons (Fsp3) is 0.867. The lowest BCUT2D eigenvalue weighted by atomic mass is 9.78. The minimum Gasteiger partial charge on any atom is -0.384 e. The lowest BCUT2D eigenvalue weighted by molar-refractivity contribution is -0.152. The number of carbonyl (C=O) groups excluding carboxylic acids is 2. The van der Waals surface area contributed by atoms with Gasteiger partial charge in [0.2, 0.25) is 11.8 Å². The van der Waals surface area contributed by atoms with Crippen LogP contribution in [-0.4, -0.2) is 56.1 Å². The minimum absolute atomic E-state index is 0.0302. The van der Waals surface area contributed by atoms with Crippen LogP contribution in [0.25, 0.3) is 0 Å². The molecule has 1 saturated heterocycles. The molecule has 0 bridgehead atoms. The van der Waals surface area contributed by atoms with Gasteiger partial charge in [0.25, 0.3) is 0 Å². The highest BCUT2D eigenvalue weighted by molar-refractivity contribution is 5.88. The van der Waals surface area contributed by atoms with Gasteiger partial charge in [-0.25, -0.2) is 0 Å². The van der Waals surface area contributed by atoms with Crippen LogP contribution in [0.15, 0.2) is 0 Å². The molecule has 2 aliphatic rings. The Kier molecular flexibility index (Phi) is 5.58. The van der Waals surface area contributed by atoms with E-state index in [2.05, 4.69) is 5.32 Å². The lowest BCUT2D eigenvalue weighted by Gasteiger charge is -2.41. The molecule has 0 aromatic heterocycles. The monoisotopic (exact) mass is 297 g/mol. The summed E-state index contributed by atoms with van der Waals surface area (Å²) in [7, 11) is 1.63. The number of amides is 2. The molecule has 0 atom stereocenters. The molecule has 2 amide bonds. The van der Waals surface area contributed by atoms with Crippen LogP contribution in [0.3, 0.4) is 0 Å². The summed E-state index contributed by atoms with van der Waals surface area (Å²) >= 11 is 0. The van der Waals surface area contributed by atoms with Gasteiger partial charge in [0.05, 0.1) is 18.6 Å². The van der Waals surface area contributed by atoms with Gasteiger partial charge < -0.3 is 20.7 Å². The molecule has 1 aliphatic carbocycles. The van der Waals surface area contributed by atoms with E-state index in [1.807, 2.05) is 0 Å². The fourth-order valence-electron chi connectivity index (χ4n) is 3.66. The van der Waals surface area contributed by atoms with Gasteiger partial charge in [-0.1, -0.05) is 12.8 Å². The molecule has 2 rings (SSSR count). The van der Waals surface area contributed by atoms with Crippen molar-refractivity contribution in [3.8, 4) is 0 Å². The molecule has 0 unspecified atom stereocenters. The smallest absolute Gasteiger partial charge is 0.237 e. The van der Waals surface area contributed by atoms with Crippen LogP contribution < -0.4 is 11.1 Å². The zero-order valence-corrected chi connectivity index (χ0v) is 12.9. The molecule has 1 aliphatic heterocycles. The number of methoxy groups -OCH3 is 1. The Morgan fingerprint density at radius 1 is 1.29 bits per heavy atom. The average molecular weight is 297 g/mol. The van der Waals surface area contributed by atoms with Gasteiger partial charge in [0.15, 0.2) is 0 Å². The number of nitrogens with zero attached hydrogens (tertiary/aromatic N) is 1. The second-order valence-corrected chi connectivity index (χ2v) is 6.30. The van der Waals surface area contributed by atoms with Crippen molar-refractivity contribution in [1.29, 1.82) is 0 Å². The number of rotatable bonds is 6. The third-order valence-corrected chi connectivity index (χ3v) is 4.79. The van der Waals surface area contributed by atoms with E-state index in [0.717, 1.165) is 51.6 Å². The third kappa shape index (κ3) is 3.74. The lowest BCUT2D eigenvalue weighted by Crippen LogP contribution is -2.55. The molecule has 6 nitrogen and oxygen atoms in total. The standard InChI is InChI=1S/C15H27N3O3/c1-21-11-15(6-8-17-9-7-15)14(20)18(10-13(16)19)12-4-2-3-5-12/h12,17H,2-11H2,1H3,(H2,16,19). The quantitative estimate of drug-likeness (QED) is 0.736. The SMILES string of the molecule is COCC1(C(=O)N(CC(N)=O)C2CCCC2)CCNCC1. The summed E-state index contributed by atoms with van der Waals surface area (Å²) in [5.74, 6) is -0.381. The highest BCUT2D eigenvalue weighted by Gasteiger charge is 2.44. The topological polar surface area (TPSA) is 84.7 Å². The molecule has 0 radical (unpaired) electrons. The van der Waals surface area contributed by atoms with Crippen LogP contribution in [0.2, 0.25) is 0 Å². The predicted octanol–water partition coefficient (Wildman–Crippen LogP) is 0.259. The number of hydrogen-bond acceptors (Lipinski definition) is 4. The van der Waals surface area contributed by atoms with Crippen molar-refractivity contribution in [1.82, 2.24) is 10.2 Å². The van der Waals surface area contributed by atoms with Crippen LogP contribution >= 0.6 is 0 Å². The summed E-state index contributed by atoms with van der Waals surface area (Å²) < 4.78 is 5.33. The Bertz CT molecular complexity index is 369. The average Bonchev–Trinajstić information content (AvgIpc) is 2.99.